The molecule has 8 heteroatoms. The van der Waals surface area contributed by atoms with E-state index in [-0.39, 0.29) is 6.54 Å². The Morgan fingerprint density at radius 3 is 2.45 bits per heavy atom. The molecule has 0 bridgehead atoms. The second-order valence-corrected chi connectivity index (χ2v) is 6.72. The van der Waals surface area contributed by atoms with Gasteiger partial charge in [0.2, 0.25) is 0 Å². The first kappa shape index (κ1) is 21.9. The predicted octanol–water partition coefficient (Wildman–Crippen LogP) is 2.84. The lowest BCUT2D eigenvalue weighted by Gasteiger charge is -2.14. The number of amides is 3. The zero-order chi connectivity index (χ0) is 22.2. The van der Waals surface area contributed by atoms with Crippen molar-refractivity contribution in [3.05, 3.63) is 65.7 Å². The summed E-state index contributed by atoms with van der Waals surface area (Å²) < 4.78 is 10.0. The first-order valence-corrected chi connectivity index (χ1v) is 9.69. The number of ether oxygens (including phenoxy) is 2. The van der Waals surface area contributed by atoms with E-state index in [2.05, 4.69) is 10.6 Å². The summed E-state index contributed by atoms with van der Waals surface area (Å²) in [5.74, 6) is -1.40. The van der Waals surface area contributed by atoms with Gasteiger partial charge in [-0.15, -0.1) is 0 Å². The topological polar surface area (TPSA) is 107 Å². The van der Waals surface area contributed by atoms with Crippen molar-refractivity contribution < 1.29 is 23.9 Å². The molecule has 0 aliphatic carbocycles. The molecular weight excluding hydrogens is 398 g/mol. The number of hydrogen-bond acceptors (Lipinski definition) is 6. The van der Waals surface area contributed by atoms with E-state index in [9.17, 15) is 14.4 Å². The van der Waals surface area contributed by atoms with Gasteiger partial charge >= 0.3 is 12.0 Å². The maximum Gasteiger partial charge on any atom is 0.339 e. The number of fused-ring (bicyclic) bond motifs is 1. The number of urea groups is 1. The lowest BCUT2D eigenvalue weighted by Crippen LogP contribution is -2.42. The number of imide groups is 1. The van der Waals surface area contributed by atoms with Crippen molar-refractivity contribution in [2.24, 2.45) is 0 Å². The van der Waals surface area contributed by atoms with Gasteiger partial charge in [0, 0.05) is 24.6 Å². The summed E-state index contributed by atoms with van der Waals surface area (Å²) in [5, 5.41) is 5.18. The minimum atomic E-state index is -0.734. The molecular formula is C23H23N3O5. The van der Waals surface area contributed by atoms with Crippen molar-refractivity contribution in [2.45, 2.75) is 6.92 Å². The molecule has 0 spiro atoms. The highest BCUT2D eigenvalue weighted by Gasteiger charge is 2.21. The quantitative estimate of drug-likeness (QED) is 0.449. The number of nitrogens with one attached hydrogen (secondary N) is 2. The van der Waals surface area contributed by atoms with E-state index >= 15 is 0 Å². The number of carbonyl (C=O) groups excluding carboxylic acids is 3. The predicted molar refractivity (Wildman–Crippen MR) is 116 cm³/mol. The van der Waals surface area contributed by atoms with E-state index in [1.165, 1.54) is 7.11 Å². The lowest BCUT2D eigenvalue weighted by molar-refractivity contribution is -0.123. The Labute approximate surface area is 179 Å². The number of pyridine rings is 1. The van der Waals surface area contributed by atoms with Crippen LogP contribution in [0.4, 0.5) is 4.79 Å². The summed E-state index contributed by atoms with van der Waals surface area (Å²) in [6.45, 7) is 1.77. The number of carbonyl (C=O) groups is 3. The highest BCUT2D eigenvalue weighted by Crippen LogP contribution is 2.30. The molecule has 0 saturated carbocycles. The number of benzene rings is 2. The third-order valence-corrected chi connectivity index (χ3v) is 4.57. The van der Waals surface area contributed by atoms with Crippen LogP contribution in [0, 0.1) is 6.92 Å². The van der Waals surface area contributed by atoms with Crippen molar-refractivity contribution in [2.75, 3.05) is 26.9 Å². The van der Waals surface area contributed by atoms with Gasteiger partial charge in [-0.1, -0.05) is 48.5 Å². The molecule has 2 N–H and O–H groups in total. The van der Waals surface area contributed by atoms with Gasteiger partial charge in [-0.05, 0) is 18.6 Å². The van der Waals surface area contributed by atoms with E-state index in [4.69, 9.17) is 14.5 Å². The highest BCUT2D eigenvalue weighted by molar-refractivity contribution is 6.07. The van der Waals surface area contributed by atoms with Gasteiger partial charge in [0.25, 0.3) is 5.91 Å². The van der Waals surface area contributed by atoms with Crippen LogP contribution in [0.15, 0.2) is 54.6 Å². The molecule has 0 radical (unpaired) electrons. The van der Waals surface area contributed by atoms with Crippen LogP contribution in [-0.4, -0.2) is 49.8 Å². The maximum atomic E-state index is 12.9. The molecule has 3 amide bonds. The zero-order valence-corrected chi connectivity index (χ0v) is 17.3. The Morgan fingerprint density at radius 1 is 1.00 bits per heavy atom. The molecule has 0 saturated heterocycles. The Bertz CT molecular complexity index is 1100. The van der Waals surface area contributed by atoms with Crippen LogP contribution in [0.1, 0.15) is 15.9 Å². The van der Waals surface area contributed by atoms with Gasteiger partial charge in [-0.2, -0.15) is 0 Å². The summed E-state index contributed by atoms with van der Waals surface area (Å²) in [4.78, 5) is 41.2. The van der Waals surface area contributed by atoms with Crippen molar-refractivity contribution in [3.63, 3.8) is 0 Å². The van der Waals surface area contributed by atoms with Gasteiger partial charge in [0.05, 0.1) is 23.4 Å². The first-order valence-electron chi connectivity index (χ1n) is 9.69. The number of aromatic nitrogens is 1. The van der Waals surface area contributed by atoms with Crippen LogP contribution in [0.2, 0.25) is 0 Å². The van der Waals surface area contributed by atoms with E-state index < -0.39 is 24.5 Å². The molecule has 31 heavy (non-hydrogen) atoms. The van der Waals surface area contributed by atoms with Crippen molar-refractivity contribution >= 4 is 28.8 Å². The third-order valence-electron chi connectivity index (χ3n) is 4.57. The van der Waals surface area contributed by atoms with Crippen LogP contribution in [0.3, 0.4) is 0 Å². The Morgan fingerprint density at radius 2 is 1.71 bits per heavy atom. The van der Waals surface area contributed by atoms with Crippen LogP contribution in [0.5, 0.6) is 0 Å². The minimum absolute atomic E-state index is 0.250. The summed E-state index contributed by atoms with van der Waals surface area (Å²) in [6, 6.07) is 16.1. The highest BCUT2D eigenvalue weighted by atomic mass is 16.5. The van der Waals surface area contributed by atoms with Crippen molar-refractivity contribution in [3.8, 4) is 11.3 Å². The Balaban J connectivity index is 1.80. The fraction of sp³-hybridized carbons (Fsp3) is 0.217. The summed E-state index contributed by atoms with van der Waals surface area (Å²) in [7, 11) is 1.50. The Kier molecular flexibility index (Phi) is 7.29. The summed E-state index contributed by atoms with van der Waals surface area (Å²) >= 11 is 0. The monoisotopic (exact) mass is 421 g/mol. The standard InChI is InChI=1S/C23H23N3O5/c1-15-20(22(28)31-14-19(27)26-23(29)24-12-13-30-2)17-10-6-7-11-18(17)25-21(15)16-8-4-3-5-9-16/h3-11H,12-14H2,1-2H3,(H2,24,26,27,29). The number of hydrogen-bond donors (Lipinski definition) is 2. The molecule has 3 aromatic rings. The summed E-state index contributed by atoms with van der Waals surface area (Å²) in [6.07, 6.45) is 0. The first-order chi connectivity index (χ1) is 15.0. The lowest BCUT2D eigenvalue weighted by atomic mass is 9.98. The molecule has 0 fully saturated rings. The zero-order valence-electron chi connectivity index (χ0n) is 17.3. The molecule has 2 aromatic carbocycles. The second-order valence-electron chi connectivity index (χ2n) is 6.72. The molecule has 0 unspecified atom stereocenters. The smallest absolute Gasteiger partial charge is 0.339 e. The SMILES string of the molecule is COCCNC(=O)NC(=O)COC(=O)c1c(C)c(-c2ccccc2)nc2ccccc12. The second kappa shape index (κ2) is 10.3. The van der Waals surface area contributed by atoms with Gasteiger partial charge in [0.15, 0.2) is 6.61 Å². The van der Waals surface area contributed by atoms with Gasteiger partial charge in [-0.25, -0.2) is 14.6 Å². The number of methoxy groups -OCH3 is 1. The van der Waals surface area contributed by atoms with Gasteiger partial charge in [-0.3, -0.25) is 10.1 Å². The number of rotatable bonds is 7. The molecule has 1 heterocycles. The average Bonchev–Trinajstić information content (AvgIpc) is 2.78. The van der Waals surface area contributed by atoms with Crippen molar-refractivity contribution in [1.82, 2.24) is 15.6 Å². The molecule has 3 rings (SSSR count). The fourth-order valence-corrected chi connectivity index (χ4v) is 3.12. The molecule has 160 valence electrons. The maximum absolute atomic E-state index is 12.9. The van der Waals surface area contributed by atoms with Crippen LogP contribution in [-0.2, 0) is 14.3 Å². The average molecular weight is 421 g/mol. The van der Waals surface area contributed by atoms with Gasteiger partial charge in [0.1, 0.15) is 0 Å². The van der Waals surface area contributed by atoms with Crippen LogP contribution < -0.4 is 10.6 Å². The van der Waals surface area contributed by atoms with E-state index in [1.807, 2.05) is 42.5 Å². The van der Waals surface area contributed by atoms with Gasteiger partial charge < -0.3 is 14.8 Å². The van der Waals surface area contributed by atoms with E-state index in [0.29, 0.717) is 34.3 Å². The fourth-order valence-electron chi connectivity index (χ4n) is 3.12. The normalized spacial score (nSPS) is 10.5. The molecule has 0 aliphatic heterocycles. The number of para-hydroxylation sites is 1. The number of nitrogens with zero attached hydrogens (tertiary/aromatic N) is 1. The van der Waals surface area contributed by atoms with E-state index in [1.54, 1.807) is 19.1 Å². The van der Waals surface area contributed by atoms with Crippen LogP contribution in [0.25, 0.3) is 22.2 Å². The summed E-state index contributed by atoms with van der Waals surface area (Å²) in [5.41, 5.74) is 3.15. The van der Waals surface area contributed by atoms with Crippen LogP contribution >= 0.6 is 0 Å². The third kappa shape index (κ3) is 5.43. The van der Waals surface area contributed by atoms with E-state index in [0.717, 1.165) is 5.56 Å². The minimum Gasteiger partial charge on any atom is -0.452 e. The number of esters is 1. The molecule has 1 aromatic heterocycles. The molecule has 0 atom stereocenters. The van der Waals surface area contributed by atoms with Crippen molar-refractivity contribution in [1.29, 1.82) is 0 Å². The molecule has 0 aliphatic rings. The largest absolute Gasteiger partial charge is 0.452 e. The molecule has 8 nitrogen and oxygen atoms in total. The Hall–Kier alpha value is -3.78.